The molecule has 0 bridgehead atoms. The molecule has 6 heteroatoms. The van der Waals surface area contributed by atoms with Crippen LogP contribution in [0.3, 0.4) is 0 Å². The molecular weight excluding hydrogens is 306 g/mol. The summed E-state index contributed by atoms with van der Waals surface area (Å²) in [6.45, 7) is 2.20. The van der Waals surface area contributed by atoms with Gasteiger partial charge in [-0.2, -0.15) is 0 Å². The van der Waals surface area contributed by atoms with Crippen molar-refractivity contribution >= 4 is 39.9 Å². The maximum absolute atomic E-state index is 12.1. The van der Waals surface area contributed by atoms with E-state index in [0.29, 0.717) is 11.1 Å². The molecule has 2 aromatic heterocycles. The first-order valence-corrected chi connectivity index (χ1v) is 8.50. The van der Waals surface area contributed by atoms with Gasteiger partial charge in [0.25, 0.3) is 0 Å². The van der Waals surface area contributed by atoms with Crippen molar-refractivity contribution in [3.63, 3.8) is 0 Å². The highest BCUT2D eigenvalue weighted by atomic mass is 35.5. The lowest BCUT2D eigenvalue weighted by atomic mass is 9.86. The maximum Gasteiger partial charge on any atom is 0.244 e. The van der Waals surface area contributed by atoms with Gasteiger partial charge >= 0.3 is 0 Å². The van der Waals surface area contributed by atoms with Crippen LogP contribution in [0, 0.1) is 5.92 Å². The van der Waals surface area contributed by atoms with Crippen LogP contribution < -0.4 is 5.32 Å². The van der Waals surface area contributed by atoms with E-state index >= 15 is 0 Å². The fraction of sp³-hybridized carbons (Fsp3) is 0.467. The second-order valence-electron chi connectivity index (χ2n) is 5.55. The summed E-state index contributed by atoms with van der Waals surface area (Å²) in [5.74, 6) is 0.494. The van der Waals surface area contributed by atoms with E-state index in [2.05, 4.69) is 17.2 Å². The molecule has 0 aromatic carbocycles. The summed E-state index contributed by atoms with van der Waals surface area (Å²) in [5.41, 5.74) is 0.750. The number of nitrogens with one attached hydrogen (secondary N) is 1. The average Bonchev–Trinajstić information content (AvgIpc) is 3.00. The molecule has 21 heavy (non-hydrogen) atoms. The molecule has 1 amide bonds. The Hall–Kier alpha value is -1.33. The Balaban J connectivity index is 1.69. The van der Waals surface area contributed by atoms with E-state index in [1.54, 1.807) is 12.2 Å². The lowest BCUT2D eigenvalue weighted by Gasteiger charge is -2.29. The summed E-state index contributed by atoms with van der Waals surface area (Å²) >= 11 is 7.62. The van der Waals surface area contributed by atoms with Gasteiger partial charge in [0, 0.05) is 23.7 Å². The Bertz CT molecular complexity index is 676. The molecule has 112 valence electrons. The lowest BCUT2D eigenvalue weighted by molar-refractivity contribution is -0.117. The molecule has 0 aliphatic heterocycles. The van der Waals surface area contributed by atoms with Gasteiger partial charge in [0.2, 0.25) is 5.91 Å². The van der Waals surface area contributed by atoms with Gasteiger partial charge in [-0.15, -0.1) is 11.3 Å². The molecule has 0 spiro atoms. The highest BCUT2D eigenvalue weighted by Gasteiger charge is 2.22. The summed E-state index contributed by atoms with van der Waals surface area (Å²) in [6, 6.07) is 0.290. The quantitative estimate of drug-likeness (QED) is 0.874. The van der Waals surface area contributed by atoms with Gasteiger partial charge in [0.15, 0.2) is 10.1 Å². The van der Waals surface area contributed by atoms with Crippen molar-refractivity contribution in [2.75, 3.05) is 0 Å². The fourth-order valence-corrected chi connectivity index (χ4v) is 3.85. The molecule has 1 aliphatic rings. The number of amides is 1. The molecule has 4 nitrogen and oxygen atoms in total. The largest absolute Gasteiger partial charge is 0.350 e. The molecular formula is C15H18ClN3OS. The van der Waals surface area contributed by atoms with Crippen molar-refractivity contribution in [3.8, 4) is 0 Å². The molecule has 2 aromatic rings. The van der Waals surface area contributed by atoms with Crippen molar-refractivity contribution in [1.29, 1.82) is 0 Å². The van der Waals surface area contributed by atoms with Crippen LogP contribution in [0.2, 0.25) is 5.15 Å². The first-order valence-electron chi connectivity index (χ1n) is 7.25. The molecule has 1 N–H and O–H groups in total. The van der Waals surface area contributed by atoms with E-state index in [4.69, 9.17) is 11.6 Å². The van der Waals surface area contributed by atoms with Gasteiger partial charge in [0.1, 0.15) is 0 Å². The van der Waals surface area contributed by atoms with Gasteiger partial charge in [-0.1, -0.05) is 31.4 Å². The summed E-state index contributed by atoms with van der Waals surface area (Å²) in [7, 11) is 0. The average molecular weight is 324 g/mol. The Labute approximate surface area is 132 Å². The van der Waals surface area contributed by atoms with Gasteiger partial charge in [-0.3, -0.25) is 9.20 Å². The topological polar surface area (TPSA) is 46.4 Å². The van der Waals surface area contributed by atoms with E-state index in [1.807, 2.05) is 16.0 Å². The molecule has 3 rings (SSSR count). The minimum Gasteiger partial charge on any atom is -0.350 e. The van der Waals surface area contributed by atoms with E-state index in [-0.39, 0.29) is 11.9 Å². The Morgan fingerprint density at radius 1 is 1.52 bits per heavy atom. The number of thiazole rings is 1. The Morgan fingerprint density at radius 2 is 2.33 bits per heavy atom. The van der Waals surface area contributed by atoms with Crippen LogP contribution >= 0.6 is 22.9 Å². The van der Waals surface area contributed by atoms with E-state index in [0.717, 1.165) is 17.1 Å². The Kier molecular flexibility index (Phi) is 4.31. The van der Waals surface area contributed by atoms with Gasteiger partial charge in [0.05, 0.1) is 5.69 Å². The minimum atomic E-state index is -0.0602. The third-order valence-corrected chi connectivity index (χ3v) is 5.12. The van der Waals surface area contributed by atoms with Crippen LogP contribution in [0.5, 0.6) is 0 Å². The first kappa shape index (κ1) is 14.6. The fourth-order valence-electron chi connectivity index (χ4n) is 2.84. The van der Waals surface area contributed by atoms with Gasteiger partial charge < -0.3 is 5.32 Å². The van der Waals surface area contributed by atoms with Crippen LogP contribution in [-0.2, 0) is 4.79 Å². The highest BCUT2D eigenvalue weighted by molar-refractivity contribution is 7.15. The van der Waals surface area contributed by atoms with Crippen LogP contribution in [0.15, 0.2) is 17.7 Å². The van der Waals surface area contributed by atoms with Crippen LogP contribution in [0.4, 0.5) is 0 Å². The first-order chi connectivity index (χ1) is 10.1. The zero-order chi connectivity index (χ0) is 14.8. The third kappa shape index (κ3) is 3.14. The number of rotatable bonds is 3. The number of nitrogens with zero attached hydrogens (tertiary/aromatic N) is 2. The van der Waals surface area contributed by atoms with Crippen LogP contribution in [0.1, 0.15) is 38.3 Å². The van der Waals surface area contributed by atoms with Crippen molar-refractivity contribution in [3.05, 3.63) is 28.5 Å². The molecule has 0 radical (unpaired) electrons. The molecule has 2 heterocycles. The number of carbonyl (C=O) groups excluding carboxylic acids is 1. The summed E-state index contributed by atoms with van der Waals surface area (Å²) in [6.07, 6.45) is 9.92. The molecule has 2 unspecified atom stereocenters. The van der Waals surface area contributed by atoms with E-state index in [1.165, 1.54) is 30.6 Å². The number of hydrogen-bond acceptors (Lipinski definition) is 3. The molecule has 1 fully saturated rings. The molecule has 1 saturated carbocycles. The molecule has 0 saturated heterocycles. The normalized spacial score (nSPS) is 23.0. The standard InChI is InChI=1S/C15H18ClN3OS/c1-10-4-2-3-5-11(10)17-13(20)7-6-12-14(16)18-15-19(12)8-9-21-15/h6-11H,2-5H2,1H3,(H,17,20)/b7-6+. The smallest absolute Gasteiger partial charge is 0.244 e. The predicted octanol–water partition coefficient (Wildman–Crippen LogP) is 3.76. The zero-order valence-electron chi connectivity index (χ0n) is 11.9. The van der Waals surface area contributed by atoms with Crippen molar-refractivity contribution in [1.82, 2.24) is 14.7 Å². The minimum absolute atomic E-state index is 0.0602. The van der Waals surface area contributed by atoms with Crippen LogP contribution in [0.25, 0.3) is 11.0 Å². The third-order valence-electron chi connectivity index (χ3n) is 4.09. The second kappa shape index (κ2) is 6.20. The van der Waals surface area contributed by atoms with Gasteiger partial charge in [-0.05, 0) is 24.8 Å². The van der Waals surface area contributed by atoms with Gasteiger partial charge in [-0.25, -0.2) is 4.98 Å². The predicted molar refractivity (Wildman–Crippen MR) is 86.7 cm³/mol. The van der Waals surface area contributed by atoms with Crippen molar-refractivity contribution in [2.45, 2.75) is 38.6 Å². The van der Waals surface area contributed by atoms with Crippen LogP contribution in [-0.4, -0.2) is 21.3 Å². The summed E-state index contributed by atoms with van der Waals surface area (Å²) in [5, 5.41) is 5.47. The van der Waals surface area contributed by atoms with Crippen molar-refractivity contribution < 1.29 is 4.79 Å². The highest BCUT2D eigenvalue weighted by Crippen LogP contribution is 2.24. The summed E-state index contributed by atoms with van der Waals surface area (Å²) < 4.78 is 1.89. The number of hydrogen-bond donors (Lipinski definition) is 1. The van der Waals surface area contributed by atoms with E-state index in [9.17, 15) is 4.79 Å². The van der Waals surface area contributed by atoms with E-state index < -0.39 is 0 Å². The second-order valence-corrected chi connectivity index (χ2v) is 6.78. The number of imidazole rings is 1. The zero-order valence-corrected chi connectivity index (χ0v) is 13.5. The molecule has 1 aliphatic carbocycles. The number of aromatic nitrogens is 2. The lowest BCUT2D eigenvalue weighted by Crippen LogP contribution is -2.40. The summed E-state index contributed by atoms with van der Waals surface area (Å²) in [4.78, 5) is 17.1. The maximum atomic E-state index is 12.1. The van der Waals surface area contributed by atoms with Crippen molar-refractivity contribution in [2.24, 2.45) is 5.92 Å². The number of carbonyl (C=O) groups is 1. The number of fused-ring (bicyclic) bond motifs is 1. The SMILES string of the molecule is CC1CCCCC1NC(=O)/C=C/c1c(Cl)nc2sccn12. The Morgan fingerprint density at radius 3 is 3.14 bits per heavy atom. The molecule has 2 atom stereocenters. The monoisotopic (exact) mass is 323 g/mol. The number of halogens is 1.